The molecular weight excluding hydrogens is 492 g/mol. The topological polar surface area (TPSA) is 106 Å². The number of imidazole rings is 1. The zero-order valence-corrected chi connectivity index (χ0v) is 24.0. The SMILES string of the molecule is CCCCCCCCCCCCCCCCn1c(N/N=C/c2ccc(OC)cc2)nc2c1c(=O)[nH]c(=O)n2C. The number of hydrogen-bond donors (Lipinski definition) is 2. The normalized spacial score (nSPS) is 11.6. The van der Waals surface area contributed by atoms with Crippen LogP contribution in [0, 0.1) is 0 Å². The summed E-state index contributed by atoms with van der Waals surface area (Å²) in [5, 5.41) is 4.32. The fourth-order valence-corrected chi connectivity index (χ4v) is 4.86. The van der Waals surface area contributed by atoms with Crippen LogP contribution in [0.4, 0.5) is 5.95 Å². The van der Waals surface area contributed by atoms with E-state index in [1.54, 1.807) is 20.4 Å². The van der Waals surface area contributed by atoms with Gasteiger partial charge < -0.3 is 9.30 Å². The summed E-state index contributed by atoms with van der Waals surface area (Å²) in [7, 11) is 3.23. The molecule has 0 saturated heterocycles. The van der Waals surface area contributed by atoms with Crippen molar-refractivity contribution in [1.29, 1.82) is 0 Å². The highest BCUT2D eigenvalue weighted by Gasteiger charge is 2.16. The number of ether oxygens (including phenoxy) is 1. The first-order chi connectivity index (χ1) is 19.0. The summed E-state index contributed by atoms with van der Waals surface area (Å²) >= 11 is 0. The number of unbranched alkanes of at least 4 members (excludes halogenated alkanes) is 13. The van der Waals surface area contributed by atoms with Gasteiger partial charge in [0.25, 0.3) is 5.56 Å². The third-order valence-electron chi connectivity index (χ3n) is 7.24. The highest BCUT2D eigenvalue weighted by molar-refractivity contribution is 5.80. The Balaban J connectivity index is 1.49. The maximum atomic E-state index is 12.7. The van der Waals surface area contributed by atoms with Crippen molar-refractivity contribution >= 4 is 23.3 Å². The Morgan fingerprint density at radius 2 is 1.46 bits per heavy atom. The van der Waals surface area contributed by atoms with Crippen LogP contribution in [-0.2, 0) is 13.6 Å². The van der Waals surface area contributed by atoms with E-state index in [2.05, 4.69) is 27.4 Å². The van der Waals surface area contributed by atoms with Crippen molar-refractivity contribution in [3.05, 3.63) is 50.7 Å². The van der Waals surface area contributed by atoms with Crippen LogP contribution >= 0.6 is 0 Å². The molecule has 0 atom stereocenters. The minimum Gasteiger partial charge on any atom is -0.497 e. The minimum atomic E-state index is -0.484. The van der Waals surface area contributed by atoms with Crippen molar-refractivity contribution < 1.29 is 4.74 Å². The van der Waals surface area contributed by atoms with E-state index in [1.165, 1.54) is 81.6 Å². The highest BCUT2D eigenvalue weighted by Crippen LogP contribution is 2.18. The first-order valence-electron chi connectivity index (χ1n) is 14.7. The molecule has 2 heterocycles. The molecule has 0 spiro atoms. The number of rotatable bonds is 19. The van der Waals surface area contributed by atoms with E-state index in [1.807, 2.05) is 28.8 Å². The van der Waals surface area contributed by atoms with E-state index in [-0.39, 0.29) is 0 Å². The predicted octanol–water partition coefficient (Wildman–Crippen LogP) is 6.36. The molecule has 9 heteroatoms. The average Bonchev–Trinajstić information content (AvgIpc) is 3.31. The van der Waals surface area contributed by atoms with Gasteiger partial charge in [-0.25, -0.2) is 10.2 Å². The number of aryl methyl sites for hydroxylation is 2. The predicted molar refractivity (Wildman–Crippen MR) is 160 cm³/mol. The van der Waals surface area contributed by atoms with Crippen molar-refractivity contribution in [2.75, 3.05) is 12.5 Å². The Hall–Kier alpha value is -3.36. The number of anilines is 1. The summed E-state index contributed by atoms with van der Waals surface area (Å²) in [5.74, 6) is 1.21. The van der Waals surface area contributed by atoms with Gasteiger partial charge in [0.15, 0.2) is 11.2 Å². The molecule has 0 saturated carbocycles. The summed E-state index contributed by atoms with van der Waals surface area (Å²) < 4.78 is 8.38. The molecule has 0 fully saturated rings. The van der Waals surface area contributed by atoms with E-state index in [0.717, 1.165) is 24.2 Å². The number of nitrogens with one attached hydrogen (secondary N) is 2. The summed E-state index contributed by atoms with van der Waals surface area (Å²) in [4.78, 5) is 31.7. The number of hydrogen-bond acceptors (Lipinski definition) is 6. The molecule has 0 amide bonds. The van der Waals surface area contributed by atoms with E-state index < -0.39 is 11.2 Å². The molecule has 0 bridgehead atoms. The summed E-state index contributed by atoms with van der Waals surface area (Å²) in [6.07, 6.45) is 19.7. The van der Waals surface area contributed by atoms with Crippen LogP contribution in [0.5, 0.6) is 5.75 Å². The lowest BCUT2D eigenvalue weighted by Crippen LogP contribution is -2.29. The highest BCUT2D eigenvalue weighted by atomic mass is 16.5. The molecule has 3 aromatic rings. The lowest BCUT2D eigenvalue weighted by atomic mass is 10.0. The van der Waals surface area contributed by atoms with Crippen LogP contribution in [0.3, 0.4) is 0 Å². The molecule has 9 nitrogen and oxygen atoms in total. The number of nitrogens with zero attached hydrogens (tertiary/aromatic N) is 4. The number of aromatic nitrogens is 4. The molecule has 3 rings (SSSR count). The number of H-pyrrole nitrogens is 1. The number of methoxy groups -OCH3 is 1. The fourth-order valence-electron chi connectivity index (χ4n) is 4.86. The van der Waals surface area contributed by atoms with Gasteiger partial charge in [0.2, 0.25) is 5.95 Å². The fraction of sp³-hybridized carbons (Fsp3) is 0.600. The maximum absolute atomic E-state index is 12.7. The first-order valence-corrected chi connectivity index (χ1v) is 14.7. The molecule has 2 N–H and O–H groups in total. The lowest BCUT2D eigenvalue weighted by Gasteiger charge is -2.08. The van der Waals surface area contributed by atoms with Crippen LogP contribution in [0.1, 0.15) is 102 Å². The quantitative estimate of drug-likeness (QED) is 0.105. The van der Waals surface area contributed by atoms with Gasteiger partial charge in [-0.3, -0.25) is 14.3 Å². The van der Waals surface area contributed by atoms with Crippen LogP contribution in [0.25, 0.3) is 11.2 Å². The molecule has 0 radical (unpaired) electrons. The summed E-state index contributed by atoms with van der Waals surface area (Å²) in [6.45, 7) is 2.89. The first kappa shape index (κ1) is 30.2. The molecule has 214 valence electrons. The standard InChI is InChI=1S/C30H46N6O3/c1-4-5-6-7-8-9-10-11-12-13-14-15-16-17-22-36-26-27(35(2)30(38)33-28(26)37)32-29(36)34-31-23-24-18-20-25(39-3)21-19-24/h18-21,23H,4-17,22H2,1-3H3,(H,32,34)(H,33,37,38)/b31-23+. The Morgan fingerprint density at radius 1 is 0.897 bits per heavy atom. The van der Waals surface area contributed by atoms with Gasteiger partial charge in [-0.05, 0) is 36.2 Å². The average molecular weight is 539 g/mol. The minimum absolute atomic E-state index is 0.344. The van der Waals surface area contributed by atoms with Gasteiger partial charge >= 0.3 is 5.69 Å². The van der Waals surface area contributed by atoms with E-state index >= 15 is 0 Å². The molecule has 0 aliphatic heterocycles. The summed E-state index contributed by atoms with van der Waals surface area (Å²) in [5.41, 5.74) is 3.68. The van der Waals surface area contributed by atoms with Crippen molar-refractivity contribution in [3.63, 3.8) is 0 Å². The van der Waals surface area contributed by atoms with Crippen LogP contribution in [0.2, 0.25) is 0 Å². The molecule has 0 aliphatic rings. The van der Waals surface area contributed by atoms with Crippen molar-refractivity contribution in [2.24, 2.45) is 12.1 Å². The van der Waals surface area contributed by atoms with Gasteiger partial charge in [-0.2, -0.15) is 10.1 Å². The smallest absolute Gasteiger partial charge is 0.329 e. The second-order valence-electron chi connectivity index (χ2n) is 10.3. The largest absolute Gasteiger partial charge is 0.497 e. The monoisotopic (exact) mass is 538 g/mol. The number of benzene rings is 1. The van der Waals surface area contributed by atoms with Gasteiger partial charge in [-0.1, -0.05) is 90.4 Å². The van der Waals surface area contributed by atoms with Crippen molar-refractivity contribution in [3.8, 4) is 5.75 Å². The molecule has 0 unspecified atom stereocenters. The molecular formula is C30H46N6O3. The Labute approximate surface area is 231 Å². The zero-order chi connectivity index (χ0) is 27.9. The van der Waals surface area contributed by atoms with E-state index in [0.29, 0.717) is 23.7 Å². The third kappa shape index (κ3) is 9.41. The maximum Gasteiger partial charge on any atom is 0.329 e. The van der Waals surface area contributed by atoms with Crippen molar-refractivity contribution in [1.82, 2.24) is 19.1 Å². The summed E-state index contributed by atoms with van der Waals surface area (Å²) in [6, 6.07) is 7.52. The van der Waals surface area contributed by atoms with Crippen LogP contribution < -0.4 is 21.4 Å². The molecule has 39 heavy (non-hydrogen) atoms. The molecule has 1 aromatic carbocycles. The van der Waals surface area contributed by atoms with E-state index in [9.17, 15) is 9.59 Å². The van der Waals surface area contributed by atoms with Gasteiger partial charge in [0, 0.05) is 13.6 Å². The Morgan fingerprint density at radius 3 is 2.03 bits per heavy atom. The van der Waals surface area contributed by atoms with Gasteiger partial charge in [-0.15, -0.1) is 0 Å². The Bertz CT molecular complexity index is 1270. The Kier molecular flexibility index (Phi) is 12.8. The van der Waals surface area contributed by atoms with Gasteiger partial charge in [0.05, 0.1) is 13.3 Å². The molecule has 0 aliphatic carbocycles. The third-order valence-corrected chi connectivity index (χ3v) is 7.24. The molecule has 2 aromatic heterocycles. The van der Waals surface area contributed by atoms with Crippen LogP contribution in [0.15, 0.2) is 39.0 Å². The van der Waals surface area contributed by atoms with E-state index in [4.69, 9.17) is 4.74 Å². The zero-order valence-electron chi connectivity index (χ0n) is 24.0. The lowest BCUT2D eigenvalue weighted by molar-refractivity contribution is 0.415. The number of hydrazone groups is 1. The second kappa shape index (κ2) is 16.6. The van der Waals surface area contributed by atoms with Crippen LogP contribution in [-0.4, -0.2) is 32.4 Å². The van der Waals surface area contributed by atoms with Crippen molar-refractivity contribution in [2.45, 2.75) is 103 Å². The van der Waals surface area contributed by atoms with Gasteiger partial charge in [0.1, 0.15) is 5.75 Å². The number of fused-ring (bicyclic) bond motifs is 1. The second-order valence-corrected chi connectivity index (χ2v) is 10.3. The number of aromatic amines is 1.